The first-order valence-corrected chi connectivity index (χ1v) is 6.00. The molecule has 1 aromatic rings. The van der Waals surface area contributed by atoms with Crippen LogP contribution in [0.15, 0.2) is 18.2 Å². The van der Waals surface area contributed by atoms with E-state index in [-0.39, 0.29) is 5.56 Å². The number of benzene rings is 1. The van der Waals surface area contributed by atoms with Crippen molar-refractivity contribution in [3.05, 3.63) is 35.1 Å². The lowest BCUT2D eigenvalue weighted by atomic mass is 9.75. The van der Waals surface area contributed by atoms with Crippen molar-refractivity contribution >= 4 is 0 Å². The Balaban J connectivity index is 2.53. The number of halogens is 4. The second-order valence-corrected chi connectivity index (χ2v) is 4.88. The molecule has 100 valence electrons. The summed E-state index contributed by atoms with van der Waals surface area (Å²) in [5, 5.41) is 0. The Morgan fingerprint density at radius 2 is 1.67 bits per heavy atom. The van der Waals surface area contributed by atoms with Crippen molar-refractivity contribution in [2.45, 2.75) is 43.8 Å². The molecule has 1 fully saturated rings. The third kappa shape index (κ3) is 2.36. The number of hydrogen-bond acceptors (Lipinski definition) is 1. The molecule has 0 radical (unpaired) electrons. The quantitative estimate of drug-likeness (QED) is 0.761. The molecule has 1 aliphatic carbocycles. The minimum absolute atomic E-state index is 0.102. The highest BCUT2D eigenvalue weighted by Gasteiger charge is 2.42. The molecule has 2 rings (SSSR count). The Morgan fingerprint density at radius 1 is 1.06 bits per heavy atom. The minimum atomic E-state index is -4.70. The van der Waals surface area contributed by atoms with E-state index in [1.54, 1.807) is 0 Å². The molecule has 2 N–H and O–H groups in total. The fraction of sp³-hybridized carbons (Fsp3) is 0.538. The second kappa shape index (κ2) is 4.53. The lowest BCUT2D eigenvalue weighted by molar-refractivity contribution is -0.141. The Hall–Kier alpha value is -1.10. The van der Waals surface area contributed by atoms with E-state index in [0.29, 0.717) is 12.8 Å². The molecular weight excluding hydrogens is 246 g/mol. The summed E-state index contributed by atoms with van der Waals surface area (Å²) < 4.78 is 52.3. The zero-order valence-electron chi connectivity index (χ0n) is 9.86. The molecule has 0 amide bonds. The van der Waals surface area contributed by atoms with Crippen molar-refractivity contribution in [2.24, 2.45) is 5.73 Å². The van der Waals surface area contributed by atoms with Crippen LogP contribution in [-0.4, -0.2) is 0 Å². The van der Waals surface area contributed by atoms with Crippen LogP contribution in [0, 0.1) is 5.82 Å². The highest BCUT2D eigenvalue weighted by molar-refractivity contribution is 5.37. The van der Waals surface area contributed by atoms with Crippen LogP contribution in [0.2, 0.25) is 0 Å². The average Bonchev–Trinajstić information content (AvgIpc) is 2.28. The first-order valence-electron chi connectivity index (χ1n) is 6.00. The van der Waals surface area contributed by atoms with E-state index < -0.39 is 23.1 Å². The molecule has 0 heterocycles. The van der Waals surface area contributed by atoms with Crippen LogP contribution < -0.4 is 5.73 Å². The minimum Gasteiger partial charge on any atom is -0.321 e. The molecule has 1 aliphatic rings. The molecule has 0 atom stereocenters. The maximum absolute atomic E-state index is 13.5. The van der Waals surface area contributed by atoms with Gasteiger partial charge in [0.05, 0.1) is 5.56 Å². The predicted molar refractivity (Wildman–Crippen MR) is 60.4 cm³/mol. The first kappa shape index (κ1) is 13.3. The molecule has 0 bridgehead atoms. The summed E-state index contributed by atoms with van der Waals surface area (Å²) in [6.45, 7) is 0. The Labute approximate surface area is 103 Å². The summed E-state index contributed by atoms with van der Waals surface area (Å²) in [7, 11) is 0. The molecular formula is C13H15F4N. The van der Waals surface area contributed by atoms with Gasteiger partial charge in [-0.1, -0.05) is 31.4 Å². The lowest BCUT2D eigenvalue weighted by Gasteiger charge is -2.35. The summed E-state index contributed by atoms with van der Waals surface area (Å²) in [5.74, 6) is -1.24. The van der Waals surface area contributed by atoms with Crippen molar-refractivity contribution in [1.82, 2.24) is 0 Å². The molecule has 0 unspecified atom stereocenters. The largest absolute Gasteiger partial charge is 0.419 e. The van der Waals surface area contributed by atoms with Crippen LogP contribution in [0.1, 0.15) is 43.2 Å². The zero-order valence-corrected chi connectivity index (χ0v) is 9.86. The van der Waals surface area contributed by atoms with Gasteiger partial charge in [-0.25, -0.2) is 4.39 Å². The second-order valence-electron chi connectivity index (χ2n) is 4.88. The van der Waals surface area contributed by atoms with Gasteiger partial charge < -0.3 is 5.73 Å². The van der Waals surface area contributed by atoms with E-state index in [2.05, 4.69) is 0 Å². The molecule has 18 heavy (non-hydrogen) atoms. The fourth-order valence-corrected chi connectivity index (χ4v) is 2.68. The number of rotatable bonds is 1. The molecule has 0 aromatic heterocycles. The van der Waals surface area contributed by atoms with Crippen molar-refractivity contribution in [2.75, 3.05) is 0 Å². The number of alkyl halides is 3. The molecule has 0 aliphatic heterocycles. The molecule has 0 spiro atoms. The van der Waals surface area contributed by atoms with Gasteiger partial charge in [0.25, 0.3) is 0 Å². The molecule has 1 nitrogen and oxygen atoms in total. The fourth-order valence-electron chi connectivity index (χ4n) is 2.68. The summed E-state index contributed by atoms with van der Waals surface area (Å²) in [4.78, 5) is 0. The van der Waals surface area contributed by atoms with Crippen molar-refractivity contribution in [3.8, 4) is 0 Å². The van der Waals surface area contributed by atoms with Gasteiger partial charge >= 0.3 is 6.18 Å². The standard InChI is InChI=1S/C13H15F4N/c14-10-6-4-5-9(11(10)13(15,16)17)12(18)7-2-1-3-8-12/h4-6H,1-3,7-8,18H2. The van der Waals surface area contributed by atoms with Gasteiger partial charge in [0.15, 0.2) is 0 Å². The average molecular weight is 261 g/mol. The van der Waals surface area contributed by atoms with E-state index >= 15 is 0 Å². The van der Waals surface area contributed by atoms with Gasteiger partial charge in [-0.2, -0.15) is 13.2 Å². The van der Waals surface area contributed by atoms with Gasteiger partial charge in [-0.3, -0.25) is 0 Å². The van der Waals surface area contributed by atoms with Crippen LogP contribution >= 0.6 is 0 Å². The number of hydrogen-bond donors (Lipinski definition) is 1. The predicted octanol–water partition coefficient (Wildman–Crippen LogP) is 3.96. The third-order valence-corrected chi connectivity index (χ3v) is 3.58. The maximum atomic E-state index is 13.5. The SMILES string of the molecule is NC1(c2cccc(F)c2C(F)(F)F)CCCCC1. The van der Waals surface area contributed by atoms with Gasteiger partial charge in [0, 0.05) is 5.54 Å². The van der Waals surface area contributed by atoms with Crippen LogP contribution in [0.5, 0.6) is 0 Å². The highest BCUT2D eigenvalue weighted by atomic mass is 19.4. The first-order chi connectivity index (χ1) is 8.34. The van der Waals surface area contributed by atoms with Crippen LogP contribution in [0.3, 0.4) is 0 Å². The van der Waals surface area contributed by atoms with Crippen molar-refractivity contribution < 1.29 is 17.6 Å². The maximum Gasteiger partial charge on any atom is 0.419 e. The van der Waals surface area contributed by atoms with Crippen LogP contribution in [-0.2, 0) is 11.7 Å². The third-order valence-electron chi connectivity index (χ3n) is 3.58. The van der Waals surface area contributed by atoms with E-state index in [0.717, 1.165) is 25.3 Å². The van der Waals surface area contributed by atoms with Crippen LogP contribution in [0.25, 0.3) is 0 Å². The lowest BCUT2D eigenvalue weighted by Crippen LogP contribution is -2.40. The van der Waals surface area contributed by atoms with Gasteiger partial charge in [0.2, 0.25) is 0 Å². The number of nitrogens with two attached hydrogens (primary N) is 1. The molecule has 5 heteroatoms. The monoisotopic (exact) mass is 261 g/mol. The smallest absolute Gasteiger partial charge is 0.321 e. The van der Waals surface area contributed by atoms with E-state index in [1.165, 1.54) is 12.1 Å². The van der Waals surface area contributed by atoms with Gasteiger partial charge in [-0.15, -0.1) is 0 Å². The van der Waals surface area contributed by atoms with E-state index in [4.69, 9.17) is 5.73 Å². The van der Waals surface area contributed by atoms with Crippen molar-refractivity contribution in [1.29, 1.82) is 0 Å². The van der Waals surface area contributed by atoms with Gasteiger partial charge in [-0.05, 0) is 24.5 Å². The normalized spacial score (nSPS) is 19.8. The summed E-state index contributed by atoms with van der Waals surface area (Å²) in [5.41, 5.74) is 3.73. The highest BCUT2D eigenvalue weighted by Crippen LogP contribution is 2.42. The summed E-state index contributed by atoms with van der Waals surface area (Å²) in [6, 6.07) is 3.43. The molecule has 1 aromatic carbocycles. The summed E-state index contributed by atoms with van der Waals surface area (Å²) >= 11 is 0. The van der Waals surface area contributed by atoms with E-state index in [9.17, 15) is 17.6 Å². The van der Waals surface area contributed by atoms with E-state index in [1.807, 2.05) is 0 Å². The molecule has 0 saturated heterocycles. The Bertz CT molecular complexity index is 433. The topological polar surface area (TPSA) is 26.0 Å². The Kier molecular flexibility index (Phi) is 3.36. The van der Waals surface area contributed by atoms with Crippen LogP contribution in [0.4, 0.5) is 17.6 Å². The molecule has 1 saturated carbocycles. The Morgan fingerprint density at radius 3 is 2.22 bits per heavy atom. The van der Waals surface area contributed by atoms with Crippen molar-refractivity contribution in [3.63, 3.8) is 0 Å². The summed E-state index contributed by atoms with van der Waals surface area (Å²) in [6.07, 6.45) is -1.23. The zero-order chi connectivity index (χ0) is 13.4. The van der Waals surface area contributed by atoms with Gasteiger partial charge in [0.1, 0.15) is 5.82 Å².